The highest BCUT2D eigenvalue weighted by atomic mass is 16.1. The van der Waals surface area contributed by atoms with Crippen LogP contribution in [0.4, 0.5) is 0 Å². The van der Waals surface area contributed by atoms with E-state index in [4.69, 9.17) is 0 Å². The molecule has 0 fully saturated rings. The number of quaternary nitrogens is 1. The second-order valence-corrected chi connectivity index (χ2v) is 5.88. The topological polar surface area (TPSA) is 29.1 Å². The normalized spacial score (nSPS) is 11.6. The Morgan fingerprint density at radius 3 is 2.00 bits per heavy atom. The number of nitrogens with one attached hydrogen (secondary N) is 1. The maximum atomic E-state index is 11.7. The van der Waals surface area contributed by atoms with Gasteiger partial charge in [-0.25, -0.2) is 0 Å². The second-order valence-electron chi connectivity index (χ2n) is 5.88. The van der Waals surface area contributed by atoms with Gasteiger partial charge in [0.15, 0.2) is 0 Å². The molecule has 0 bridgehead atoms. The predicted molar refractivity (Wildman–Crippen MR) is 87.8 cm³/mol. The van der Waals surface area contributed by atoms with E-state index in [0.717, 1.165) is 19.4 Å². The van der Waals surface area contributed by atoms with Crippen molar-refractivity contribution in [3.8, 4) is 0 Å². The summed E-state index contributed by atoms with van der Waals surface area (Å²) in [6.45, 7) is 14.6. The molecule has 0 rings (SSSR count). The summed E-state index contributed by atoms with van der Waals surface area (Å²) < 4.78 is 1.17. The highest BCUT2D eigenvalue weighted by Gasteiger charge is 2.19. The largest absolute Gasteiger partial charge is 0.356 e. The summed E-state index contributed by atoms with van der Waals surface area (Å²) >= 11 is 0. The molecule has 0 aliphatic heterocycles. The van der Waals surface area contributed by atoms with Gasteiger partial charge >= 0.3 is 0 Å². The third kappa shape index (κ3) is 8.57. The van der Waals surface area contributed by atoms with Crippen molar-refractivity contribution in [2.45, 2.75) is 72.6 Å². The van der Waals surface area contributed by atoms with E-state index < -0.39 is 0 Å². The Kier molecular flexibility index (Phi) is 11.8. The molecule has 0 atom stereocenters. The molecule has 0 saturated carbocycles. The van der Waals surface area contributed by atoms with E-state index in [9.17, 15) is 4.79 Å². The molecule has 20 heavy (non-hydrogen) atoms. The monoisotopic (exact) mass is 285 g/mol. The van der Waals surface area contributed by atoms with Gasteiger partial charge in [-0.1, -0.05) is 32.6 Å². The highest BCUT2D eigenvalue weighted by Crippen LogP contribution is 2.07. The molecule has 0 radical (unpaired) electrons. The van der Waals surface area contributed by atoms with Crippen molar-refractivity contribution in [2.75, 3.05) is 32.7 Å². The molecule has 0 saturated heterocycles. The minimum atomic E-state index is 0.240. The number of carbonyl (C=O) groups excluding carboxylic acids is 1. The van der Waals surface area contributed by atoms with Crippen LogP contribution in [0, 0.1) is 0 Å². The first-order chi connectivity index (χ1) is 9.64. The SMILES string of the molecule is CCCCCCCC(=O)NCCC[N+](CC)(CC)CC. The van der Waals surface area contributed by atoms with E-state index in [1.54, 1.807) is 0 Å². The Morgan fingerprint density at radius 1 is 0.850 bits per heavy atom. The first kappa shape index (κ1) is 19.4. The van der Waals surface area contributed by atoms with Crippen molar-refractivity contribution in [3.05, 3.63) is 0 Å². The molecule has 0 aromatic heterocycles. The fourth-order valence-electron chi connectivity index (χ4n) is 2.76. The summed E-state index contributed by atoms with van der Waals surface area (Å²) in [5.74, 6) is 0.240. The fraction of sp³-hybridized carbons (Fsp3) is 0.941. The summed E-state index contributed by atoms with van der Waals surface area (Å²) in [5.41, 5.74) is 0. The van der Waals surface area contributed by atoms with Crippen LogP contribution < -0.4 is 5.32 Å². The van der Waals surface area contributed by atoms with Gasteiger partial charge in [0, 0.05) is 19.4 Å². The van der Waals surface area contributed by atoms with Gasteiger partial charge in [0.05, 0.1) is 26.2 Å². The van der Waals surface area contributed by atoms with E-state index >= 15 is 0 Å². The zero-order valence-corrected chi connectivity index (χ0v) is 14.3. The van der Waals surface area contributed by atoms with Crippen molar-refractivity contribution >= 4 is 5.91 Å². The minimum Gasteiger partial charge on any atom is -0.356 e. The lowest BCUT2D eigenvalue weighted by Crippen LogP contribution is -2.48. The Labute approximate surface area is 126 Å². The van der Waals surface area contributed by atoms with Crippen LogP contribution in [0.1, 0.15) is 72.6 Å². The third-order valence-electron chi connectivity index (χ3n) is 4.65. The lowest BCUT2D eigenvalue weighted by atomic mass is 10.1. The summed E-state index contributed by atoms with van der Waals surface area (Å²) in [6.07, 6.45) is 7.88. The molecular formula is C17H37N2O+. The Balaban J connectivity index is 3.61. The molecule has 120 valence electrons. The van der Waals surface area contributed by atoms with E-state index in [1.807, 2.05) is 0 Å². The molecule has 1 amide bonds. The van der Waals surface area contributed by atoms with Crippen molar-refractivity contribution < 1.29 is 9.28 Å². The van der Waals surface area contributed by atoms with Crippen molar-refractivity contribution in [2.24, 2.45) is 0 Å². The Hall–Kier alpha value is -0.570. The third-order valence-corrected chi connectivity index (χ3v) is 4.65. The second kappa shape index (κ2) is 12.2. The van der Waals surface area contributed by atoms with E-state index in [2.05, 4.69) is 33.0 Å². The number of hydrogen-bond acceptors (Lipinski definition) is 1. The standard InChI is InChI=1S/C17H36N2O/c1-5-9-10-11-12-14-17(20)18-15-13-16-19(6-2,7-3)8-4/h5-16H2,1-4H3/p+1. The molecule has 0 unspecified atom stereocenters. The highest BCUT2D eigenvalue weighted by molar-refractivity contribution is 5.75. The van der Waals surface area contributed by atoms with Gasteiger partial charge in [0.1, 0.15) is 0 Å². The van der Waals surface area contributed by atoms with Crippen LogP contribution in [0.2, 0.25) is 0 Å². The smallest absolute Gasteiger partial charge is 0.219 e. The quantitative estimate of drug-likeness (QED) is 0.405. The molecule has 0 spiro atoms. The van der Waals surface area contributed by atoms with Crippen LogP contribution >= 0.6 is 0 Å². The predicted octanol–water partition coefficient (Wildman–Crippen LogP) is 3.73. The number of carbonyl (C=O) groups is 1. The van der Waals surface area contributed by atoms with E-state index in [-0.39, 0.29) is 5.91 Å². The zero-order valence-electron chi connectivity index (χ0n) is 14.3. The van der Waals surface area contributed by atoms with E-state index in [0.29, 0.717) is 6.42 Å². The summed E-state index contributed by atoms with van der Waals surface area (Å²) in [7, 11) is 0. The maximum absolute atomic E-state index is 11.7. The molecular weight excluding hydrogens is 248 g/mol. The van der Waals surface area contributed by atoms with Gasteiger partial charge in [-0.05, 0) is 27.2 Å². The molecule has 3 heteroatoms. The Morgan fingerprint density at radius 2 is 1.45 bits per heavy atom. The number of rotatable bonds is 13. The Bertz CT molecular complexity index is 229. The van der Waals surface area contributed by atoms with Crippen LogP contribution in [0.15, 0.2) is 0 Å². The number of amides is 1. The van der Waals surface area contributed by atoms with Crippen LogP contribution in [0.3, 0.4) is 0 Å². The molecule has 0 aromatic carbocycles. The zero-order chi connectivity index (χ0) is 15.3. The maximum Gasteiger partial charge on any atom is 0.219 e. The average molecular weight is 285 g/mol. The molecule has 0 aliphatic rings. The van der Waals surface area contributed by atoms with Crippen LogP contribution in [0.5, 0.6) is 0 Å². The summed E-state index contributed by atoms with van der Waals surface area (Å²) in [4.78, 5) is 11.7. The number of hydrogen-bond donors (Lipinski definition) is 1. The molecule has 0 aromatic rings. The van der Waals surface area contributed by atoms with Crippen LogP contribution in [-0.4, -0.2) is 43.1 Å². The summed E-state index contributed by atoms with van der Waals surface area (Å²) in [5, 5.41) is 3.07. The number of unbranched alkanes of at least 4 members (excludes halogenated alkanes) is 4. The van der Waals surface area contributed by atoms with Gasteiger partial charge in [0.25, 0.3) is 0 Å². The fourth-order valence-corrected chi connectivity index (χ4v) is 2.76. The molecule has 1 N–H and O–H groups in total. The van der Waals surface area contributed by atoms with Crippen LogP contribution in [0.25, 0.3) is 0 Å². The lowest BCUT2D eigenvalue weighted by molar-refractivity contribution is -0.923. The van der Waals surface area contributed by atoms with Gasteiger partial charge in [0.2, 0.25) is 5.91 Å². The first-order valence-electron chi connectivity index (χ1n) is 8.75. The van der Waals surface area contributed by atoms with E-state index in [1.165, 1.54) is 56.3 Å². The molecule has 0 heterocycles. The average Bonchev–Trinajstić information content (AvgIpc) is 2.48. The first-order valence-corrected chi connectivity index (χ1v) is 8.75. The van der Waals surface area contributed by atoms with Crippen molar-refractivity contribution in [3.63, 3.8) is 0 Å². The van der Waals surface area contributed by atoms with Crippen molar-refractivity contribution in [1.29, 1.82) is 0 Å². The minimum absolute atomic E-state index is 0.240. The van der Waals surface area contributed by atoms with Gasteiger partial charge < -0.3 is 9.80 Å². The molecule has 0 aliphatic carbocycles. The van der Waals surface area contributed by atoms with Gasteiger partial charge in [-0.2, -0.15) is 0 Å². The number of nitrogens with zero attached hydrogens (tertiary/aromatic N) is 1. The van der Waals surface area contributed by atoms with Gasteiger partial charge in [-0.15, -0.1) is 0 Å². The van der Waals surface area contributed by atoms with Crippen molar-refractivity contribution in [1.82, 2.24) is 5.32 Å². The summed E-state index contributed by atoms with van der Waals surface area (Å²) in [6, 6.07) is 0. The van der Waals surface area contributed by atoms with Gasteiger partial charge in [-0.3, -0.25) is 4.79 Å². The lowest BCUT2D eigenvalue weighted by Gasteiger charge is -2.35. The molecule has 3 nitrogen and oxygen atoms in total. The van der Waals surface area contributed by atoms with Crippen LogP contribution in [-0.2, 0) is 4.79 Å².